The first-order valence-corrected chi connectivity index (χ1v) is 11.4. The standard InChI is InChI=1S/C23H29ClF3NO3/c1-12(2)31-17-10-13(9-16(17)29)21(30)28-20(18-15(25)4-3-14(24)19(18)26)22-5-7-23(27,11-22)8-6-22/h3-4,12-13,16-17,20,29H,5-11H2,1-2H3,(H,28,30)/t13-,16-,17+,20?,22?,23?/m1/s1. The maximum Gasteiger partial charge on any atom is 0.223 e. The Kier molecular flexibility index (Phi) is 6.07. The van der Waals surface area contributed by atoms with Gasteiger partial charge in [0.25, 0.3) is 0 Å². The van der Waals surface area contributed by atoms with Crippen LogP contribution in [-0.4, -0.2) is 35.0 Å². The number of aliphatic hydroxyl groups excluding tert-OH is 1. The second kappa shape index (κ2) is 8.23. The summed E-state index contributed by atoms with van der Waals surface area (Å²) in [5.41, 5.74) is -2.42. The number of nitrogens with one attached hydrogen (secondary N) is 1. The third-order valence-corrected chi connectivity index (χ3v) is 7.66. The zero-order valence-electron chi connectivity index (χ0n) is 17.8. The minimum absolute atomic E-state index is 0.0996. The molecular weight excluding hydrogens is 431 g/mol. The Morgan fingerprint density at radius 1 is 1.23 bits per heavy atom. The molecule has 3 aliphatic rings. The van der Waals surface area contributed by atoms with Crippen LogP contribution in [0.2, 0.25) is 5.02 Å². The number of hydrogen-bond acceptors (Lipinski definition) is 3. The third kappa shape index (κ3) is 4.21. The second-order valence-corrected chi connectivity index (χ2v) is 10.3. The number of alkyl halides is 1. The number of ether oxygens (including phenoxy) is 1. The summed E-state index contributed by atoms with van der Waals surface area (Å²) >= 11 is 5.94. The molecule has 8 heteroatoms. The van der Waals surface area contributed by atoms with Gasteiger partial charge in [-0.15, -0.1) is 0 Å². The Hall–Kier alpha value is -1.31. The number of aliphatic hydroxyl groups is 1. The van der Waals surface area contributed by atoms with Gasteiger partial charge in [-0.1, -0.05) is 11.6 Å². The lowest BCUT2D eigenvalue weighted by Gasteiger charge is -2.37. The first kappa shape index (κ1) is 22.9. The van der Waals surface area contributed by atoms with E-state index in [9.17, 15) is 23.1 Å². The molecule has 1 amide bonds. The van der Waals surface area contributed by atoms with Crippen molar-refractivity contribution in [2.24, 2.45) is 11.3 Å². The summed E-state index contributed by atoms with van der Waals surface area (Å²) in [5, 5.41) is 12.9. The molecule has 3 aliphatic carbocycles. The molecule has 3 saturated carbocycles. The van der Waals surface area contributed by atoms with Crippen molar-refractivity contribution in [3.63, 3.8) is 0 Å². The molecule has 4 nitrogen and oxygen atoms in total. The molecule has 2 bridgehead atoms. The fourth-order valence-corrected chi connectivity index (χ4v) is 6.02. The zero-order valence-corrected chi connectivity index (χ0v) is 18.5. The molecule has 172 valence electrons. The molecule has 4 atom stereocenters. The number of rotatable bonds is 6. The summed E-state index contributed by atoms with van der Waals surface area (Å²) in [4.78, 5) is 13.2. The number of carbonyl (C=O) groups is 1. The van der Waals surface area contributed by atoms with Crippen LogP contribution in [0.3, 0.4) is 0 Å². The maximum absolute atomic E-state index is 15.0. The van der Waals surface area contributed by atoms with E-state index < -0.39 is 52.8 Å². The average Bonchev–Trinajstić information content (AvgIpc) is 3.35. The monoisotopic (exact) mass is 459 g/mol. The summed E-state index contributed by atoms with van der Waals surface area (Å²) in [6.07, 6.45) is 0.827. The summed E-state index contributed by atoms with van der Waals surface area (Å²) in [7, 11) is 0. The molecule has 0 saturated heterocycles. The largest absolute Gasteiger partial charge is 0.390 e. The van der Waals surface area contributed by atoms with Crippen LogP contribution < -0.4 is 5.32 Å². The topological polar surface area (TPSA) is 58.6 Å². The fourth-order valence-electron chi connectivity index (χ4n) is 5.86. The van der Waals surface area contributed by atoms with Gasteiger partial charge in [0.2, 0.25) is 5.91 Å². The minimum atomic E-state index is -1.35. The molecule has 2 N–H and O–H groups in total. The van der Waals surface area contributed by atoms with Crippen LogP contribution in [0.25, 0.3) is 0 Å². The van der Waals surface area contributed by atoms with Crippen molar-refractivity contribution in [2.75, 3.05) is 0 Å². The van der Waals surface area contributed by atoms with Crippen molar-refractivity contribution < 1.29 is 27.8 Å². The predicted molar refractivity (Wildman–Crippen MR) is 110 cm³/mol. The van der Waals surface area contributed by atoms with E-state index in [4.69, 9.17) is 16.3 Å². The van der Waals surface area contributed by atoms with E-state index in [0.717, 1.165) is 12.1 Å². The lowest BCUT2D eigenvalue weighted by molar-refractivity contribution is -0.127. The summed E-state index contributed by atoms with van der Waals surface area (Å²) < 4.78 is 50.5. The number of benzene rings is 1. The van der Waals surface area contributed by atoms with Gasteiger partial charge in [-0.25, -0.2) is 13.2 Å². The van der Waals surface area contributed by atoms with E-state index in [1.807, 2.05) is 13.8 Å². The third-order valence-electron chi connectivity index (χ3n) is 7.37. The van der Waals surface area contributed by atoms with Gasteiger partial charge in [-0.05, 0) is 76.3 Å². The van der Waals surface area contributed by atoms with Crippen molar-refractivity contribution in [1.29, 1.82) is 0 Å². The van der Waals surface area contributed by atoms with Crippen LogP contribution in [0.5, 0.6) is 0 Å². The van der Waals surface area contributed by atoms with Crippen LogP contribution in [-0.2, 0) is 9.53 Å². The first-order chi connectivity index (χ1) is 14.5. The molecule has 1 aromatic carbocycles. The van der Waals surface area contributed by atoms with Crippen LogP contribution >= 0.6 is 11.6 Å². The molecule has 0 aliphatic heterocycles. The van der Waals surface area contributed by atoms with Crippen molar-refractivity contribution in [2.45, 2.75) is 88.8 Å². The fraction of sp³-hybridized carbons (Fsp3) is 0.696. The van der Waals surface area contributed by atoms with Gasteiger partial charge < -0.3 is 15.2 Å². The molecule has 0 heterocycles. The van der Waals surface area contributed by atoms with Gasteiger partial charge in [-0.3, -0.25) is 4.79 Å². The summed E-state index contributed by atoms with van der Waals surface area (Å²) in [6.45, 7) is 3.70. The van der Waals surface area contributed by atoms with E-state index in [-0.39, 0.29) is 29.5 Å². The summed E-state index contributed by atoms with van der Waals surface area (Å²) in [6, 6.07) is 1.19. The van der Waals surface area contributed by atoms with Gasteiger partial charge in [0.1, 0.15) is 17.3 Å². The highest BCUT2D eigenvalue weighted by atomic mass is 35.5. The van der Waals surface area contributed by atoms with Crippen LogP contribution in [0.15, 0.2) is 12.1 Å². The highest BCUT2D eigenvalue weighted by Crippen LogP contribution is 2.63. The lowest BCUT2D eigenvalue weighted by Crippen LogP contribution is -2.42. The first-order valence-electron chi connectivity index (χ1n) is 11.0. The van der Waals surface area contributed by atoms with Gasteiger partial charge in [-0.2, -0.15) is 0 Å². The Labute approximate surface area is 185 Å². The molecule has 0 radical (unpaired) electrons. The van der Waals surface area contributed by atoms with Crippen LogP contribution in [0.1, 0.15) is 70.4 Å². The van der Waals surface area contributed by atoms with Gasteiger partial charge in [0, 0.05) is 11.5 Å². The zero-order chi connectivity index (χ0) is 22.6. The Bertz CT molecular complexity index is 857. The van der Waals surface area contributed by atoms with Gasteiger partial charge in [0.15, 0.2) is 0 Å². The number of fused-ring (bicyclic) bond motifs is 2. The number of halogens is 4. The Morgan fingerprint density at radius 2 is 1.90 bits per heavy atom. The van der Waals surface area contributed by atoms with E-state index in [0.29, 0.717) is 32.1 Å². The highest BCUT2D eigenvalue weighted by molar-refractivity contribution is 6.30. The molecule has 1 aromatic rings. The van der Waals surface area contributed by atoms with Gasteiger partial charge >= 0.3 is 0 Å². The molecule has 1 unspecified atom stereocenters. The van der Waals surface area contributed by atoms with Crippen LogP contribution in [0, 0.1) is 23.0 Å². The molecule has 31 heavy (non-hydrogen) atoms. The lowest BCUT2D eigenvalue weighted by atomic mass is 9.74. The number of carbonyl (C=O) groups excluding carboxylic acids is 1. The smallest absolute Gasteiger partial charge is 0.223 e. The van der Waals surface area contributed by atoms with Crippen molar-refractivity contribution in [3.05, 3.63) is 34.4 Å². The normalized spacial score (nSPS) is 35.7. The molecule has 0 aromatic heterocycles. The van der Waals surface area contributed by atoms with E-state index in [1.54, 1.807) is 0 Å². The minimum Gasteiger partial charge on any atom is -0.390 e. The summed E-state index contributed by atoms with van der Waals surface area (Å²) in [5.74, 6) is -2.69. The van der Waals surface area contributed by atoms with Crippen molar-refractivity contribution >= 4 is 17.5 Å². The average molecular weight is 460 g/mol. The van der Waals surface area contributed by atoms with Crippen LogP contribution in [0.4, 0.5) is 13.2 Å². The van der Waals surface area contributed by atoms with E-state index in [2.05, 4.69) is 5.32 Å². The molecule has 0 spiro atoms. The van der Waals surface area contributed by atoms with Crippen molar-refractivity contribution in [1.82, 2.24) is 5.32 Å². The predicted octanol–water partition coefficient (Wildman–Crippen LogP) is 5.01. The number of hydrogen-bond donors (Lipinski definition) is 2. The van der Waals surface area contributed by atoms with Crippen molar-refractivity contribution in [3.8, 4) is 0 Å². The Balaban J connectivity index is 1.63. The number of amides is 1. The van der Waals surface area contributed by atoms with E-state index >= 15 is 0 Å². The highest BCUT2D eigenvalue weighted by Gasteiger charge is 2.59. The quantitative estimate of drug-likeness (QED) is 0.588. The SMILES string of the molecule is CC(C)O[C@H]1C[C@H](C(=O)NC(c2c(F)ccc(Cl)c2F)C23CCC(F)(CC2)C3)C[C@H]1O. The molecular formula is C23H29ClF3NO3. The Morgan fingerprint density at radius 3 is 2.48 bits per heavy atom. The maximum atomic E-state index is 15.0. The second-order valence-electron chi connectivity index (χ2n) is 9.85. The molecule has 4 rings (SSSR count). The van der Waals surface area contributed by atoms with Gasteiger partial charge in [0.05, 0.1) is 29.4 Å². The van der Waals surface area contributed by atoms with E-state index in [1.165, 1.54) is 0 Å². The molecule has 3 fully saturated rings.